The summed E-state index contributed by atoms with van der Waals surface area (Å²) in [5.74, 6) is -4.86. The molecular formula is C36H48N8O9S. The van der Waals surface area contributed by atoms with Crippen LogP contribution in [0.3, 0.4) is 0 Å². The smallest absolute Gasteiger partial charge is 0.287 e. The first-order chi connectivity index (χ1) is 25.5. The number of rotatable bonds is 11. The van der Waals surface area contributed by atoms with Crippen LogP contribution >= 0.6 is 10.6 Å². The summed E-state index contributed by atoms with van der Waals surface area (Å²) in [6.07, 6.45) is 5.73. The predicted octanol–water partition coefficient (Wildman–Crippen LogP) is 1.71. The highest BCUT2D eigenvalue weighted by Gasteiger charge is 2.51. The third kappa shape index (κ3) is 8.20. The first kappa shape index (κ1) is 39.1. The maximum absolute atomic E-state index is 14.8. The zero-order valence-corrected chi connectivity index (χ0v) is 31.1. The molecule has 4 heterocycles. The number of nitrogens with zero attached hydrogens (tertiary/aromatic N) is 4. The van der Waals surface area contributed by atoms with E-state index in [9.17, 15) is 43.0 Å². The van der Waals surface area contributed by atoms with E-state index in [0.29, 0.717) is 16.5 Å². The molecule has 3 atom stereocenters. The van der Waals surface area contributed by atoms with E-state index in [4.69, 9.17) is 5.73 Å². The second kappa shape index (κ2) is 15.2. The van der Waals surface area contributed by atoms with E-state index in [-0.39, 0.29) is 55.3 Å². The summed E-state index contributed by atoms with van der Waals surface area (Å²) in [6.45, 7) is 3.00. The van der Waals surface area contributed by atoms with Crippen LogP contribution in [0.5, 0.6) is 0 Å². The fraction of sp³-hybridized carbons (Fsp3) is 0.556. The topological polar surface area (TPSA) is 263 Å². The molecule has 0 spiro atoms. The second-order valence-electron chi connectivity index (χ2n) is 15.4. The van der Waals surface area contributed by atoms with Crippen molar-refractivity contribution in [3.8, 4) is 0 Å². The van der Waals surface area contributed by atoms with Crippen LogP contribution in [-0.2, 0) is 24.8 Å². The Labute approximate surface area is 312 Å². The van der Waals surface area contributed by atoms with E-state index < -0.39 is 74.8 Å². The fourth-order valence-corrected chi connectivity index (χ4v) is 9.60. The number of carbonyl (C=O) groups is 5. The molecule has 1 saturated carbocycles. The van der Waals surface area contributed by atoms with Crippen molar-refractivity contribution in [2.45, 2.75) is 101 Å². The number of amides is 4. The van der Waals surface area contributed by atoms with Gasteiger partial charge >= 0.3 is 0 Å². The molecule has 8 N–H and O–H groups in total. The zero-order valence-electron chi connectivity index (χ0n) is 30.3. The average Bonchev–Trinajstić information content (AvgIpc) is 3.81. The summed E-state index contributed by atoms with van der Waals surface area (Å²) in [4.78, 5) is 85.3. The van der Waals surface area contributed by atoms with Gasteiger partial charge in [0.05, 0.1) is 17.9 Å². The number of likely N-dealkylation sites (tertiary alicyclic amines) is 1. The number of aromatic amines is 1. The number of nitrogens with two attached hydrogens (primary N) is 1. The number of H-pyrrole nitrogens is 1. The first-order valence-electron chi connectivity index (χ1n) is 18.2. The van der Waals surface area contributed by atoms with Crippen LogP contribution < -0.4 is 21.9 Å². The summed E-state index contributed by atoms with van der Waals surface area (Å²) in [5.41, 5.74) is 2.00. The number of carbonyl (C=O) groups excluding carboxylic acids is 5. The largest absolute Gasteiger partial charge is 0.384 e. The van der Waals surface area contributed by atoms with Gasteiger partial charge in [-0.05, 0) is 56.5 Å². The summed E-state index contributed by atoms with van der Waals surface area (Å²) in [7, 11) is -3.05. The van der Waals surface area contributed by atoms with Crippen LogP contribution in [0.25, 0.3) is 10.8 Å². The van der Waals surface area contributed by atoms with E-state index in [0.717, 1.165) is 32.1 Å². The number of hydrogen-bond acceptors (Lipinski definition) is 11. The molecule has 0 bridgehead atoms. The van der Waals surface area contributed by atoms with Gasteiger partial charge in [0, 0.05) is 29.9 Å². The molecule has 1 aromatic carbocycles. The molecule has 1 aliphatic carbocycles. The molecule has 2 aromatic heterocycles. The SMILES string of the molecule is CC(C)(O)c1cnnn1[C@H]1C[C@@H](C(=O)NC2(C(=O)C(N)=O)CCS(O)(O)CC2)N(C(=O)C(CC2CCCCC2)NC(=O)c2cc3ccccc3c(=O)[nH]2)C1. The molecule has 3 fully saturated rings. The molecule has 17 nitrogen and oxygen atoms in total. The van der Waals surface area contributed by atoms with Gasteiger partial charge in [-0.2, -0.15) is 10.6 Å². The van der Waals surface area contributed by atoms with E-state index in [1.54, 1.807) is 38.1 Å². The van der Waals surface area contributed by atoms with Crippen molar-refractivity contribution in [2.24, 2.45) is 11.7 Å². The van der Waals surface area contributed by atoms with Gasteiger partial charge in [-0.1, -0.05) is 55.5 Å². The van der Waals surface area contributed by atoms with Gasteiger partial charge in [-0.25, -0.2) is 4.68 Å². The lowest BCUT2D eigenvalue weighted by atomic mass is 9.84. The molecule has 2 aliphatic heterocycles. The van der Waals surface area contributed by atoms with Gasteiger partial charge in [-0.3, -0.25) is 37.9 Å². The van der Waals surface area contributed by atoms with Crippen molar-refractivity contribution in [3.63, 3.8) is 0 Å². The van der Waals surface area contributed by atoms with E-state index in [1.165, 1.54) is 21.8 Å². The number of primary amides is 1. The molecule has 3 aromatic rings. The molecule has 4 amide bonds. The average molecular weight is 769 g/mol. The van der Waals surface area contributed by atoms with Crippen LogP contribution in [0, 0.1) is 5.92 Å². The van der Waals surface area contributed by atoms with E-state index >= 15 is 0 Å². The number of hydrogen-bond donors (Lipinski definition) is 7. The number of nitrogens with one attached hydrogen (secondary N) is 3. The normalized spacial score (nSPS) is 22.6. The van der Waals surface area contributed by atoms with Crippen LogP contribution in [0.15, 0.2) is 41.3 Å². The highest BCUT2D eigenvalue weighted by molar-refractivity contribution is 8.24. The van der Waals surface area contributed by atoms with Crippen molar-refractivity contribution in [1.29, 1.82) is 0 Å². The minimum Gasteiger partial charge on any atom is -0.384 e. The van der Waals surface area contributed by atoms with Crippen LogP contribution in [0.2, 0.25) is 0 Å². The van der Waals surface area contributed by atoms with Crippen molar-refractivity contribution in [1.82, 2.24) is 35.5 Å². The van der Waals surface area contributed by atoms with Crippen LogP contribution in [0.1, 0.15) is 93.9 Å². The number of fused-ring (bicyclic) bond motifs is 1. The van der Waals surface area contributed by atoms with Crippen molar-refractivity contribution >= 4 is 50.8 Å². The van der Waals surface area contributed by atoms with E-state index in [1.807, 2.05) is 0 Å². The Hall–Kier alpha value is -4.65. The number of aromatic nitrogens is 4. The third-order valence-electron chi connectivity index (χ3n) is 11.0. The van der Waals surface area contributed by atoms with Crippen molar-refractivity contribution < 1.29 is 38.2 Å². The molecule has 1 unspecified atom stereocenters. The molecule has 0 radical (unpaired) electrons. The van der Waals surface area contributed by atoms with Crippen molar-refractivity contribution in [3.05, 3.63) is 58.3 Å². The van der Waals surface area contributed by atoms with Gasteiger partial charge < -0.3 is 31.4 Å². The Bertz CT molecular complexity index is 1990. The monoisotopic (exact) mass is 768 g/mol. The molecule has 6 rings (SSSR count). The maximum Gasteiger partial charge on any atom is 0.287 e. The summed E-state index contributed by atoms with van der Waals surface area (Å²) in [5, 5.41) is 25.5. The number of ketones is 1. The van der Waals surface area contributed by atoms with Gasteiger partial charge in [0.25, 0.3) is 17.4 Å². The second-order valence-corrected chi connectivity index (χ2v) is 17.8. The molecule has 54 heavy (non-hydrogen) atoms. The Morgan fingerprint density at radius 2 is 1.78 bits per heavy atom. The van der Waals surface area contributed by atoms with E-state index in [2.05, 4.69) is 25.9 Å². The van der Waals surface area contributed by atoms with Crippen LogP contribution in [-0.4, -0.2) is 104 Å². The highest BCUT2D eigenvalue weighted by Crippen LogP contribution is 2.47. The molecule has 3 aliphatic rings. The van der Waals surface area contributed by atoms with Crippen LogP contribution in [0.4, 0.5) is 0 Å². The Morgan fingerprint density at radius 1 is 1.09 bits per heavy atom. The Kier molecular flexibility index (Phi) is 11.0. The number of Topliss-reactive ketones (excluding diaryl/α,β-unsaturated/α-hetero) is 1. The summed E-state index contributed by atoms with van der Waals surface area (Å²) in [6, 6.07) is 5.26. The molecule has 18 heteroatoms. The van der Waals surface area contributed by atoms with Gasteiger partial charge in [0.1, 0.15) is 28.9 Å². The Morgan fingerprint density at radius 3 is 2.44 bits per heavy atom. The van der Waals surface area contributed by atoms with Crippen molar-refractivity contribution in [2.75, 3.05) is 18.1 Å². The lowest BCUT2D eigenvalue weighted by Gasteiger charge is -2.45. The fourth-order valence-electron chi connectivity index (χ4n) is 8.05. The predicted molar refractivity (Wildman–Crippen MR) is 198 cm³/mol. The lowest BCUT2D eigenvalue weighted by Crippen LogP contribution is -2.64. The number of benzene rings is 1. The van der Waals surface area contributed by atoms with Gasteiger partial charge in [0.2, 0.25) is 17.6 Å². The standard InChI is InChI=1S/C36H48N8O9S/c1-35(2,51)28-19-38-42-44(28)23-18-27(33(49)41-36(29(45)30(37)46)12-14-54(52,53)15-13-36)43(20-23)34(50)26(16-21-8-4-3-5-9-21)40-32(48)25-17-22-10-6-7-11-24(22)31(47)39-25/h6-7,10-11,17,19,21,23,26-27,51-53H,3-5,8-9,12-16,18,20H2,1-2H3,(H2,37,46)(H,39,47)(H,40,48)(H,41,49)/t23-,26?,27-/m0/s1. The van der Waals surface area contributed by atoms with Gasteiger partial charge in [-0.15, -0.1) is 5.10 Å². The lowest BCUT2D eigenvalue weighted by molar-refractivity contribution is -0.145. The molecule has 2 saturated heterocycles. The molecular weight excluding hydrogens is 721 g/mol. The first-order valence-corrected chi connectivity index (χ1v) is 20.1. The minimum absolute atomic E-state index is 0.0396. The zero-order chi connectivity index (χ0) is 39.0. The minimum atomic E-state index is -3.05. The number of pyridine rings is 1. The van der Waals surface area contributed by atoms with Gasteiger partial charge in [0.15, 0.2) is 0 Å². The number of aliphatic hydroxyl groups is 1. The highest BCUT2D eigenvalue weighted by atomic mass is 32.3. The summed E-state index contributed by atoms with van der Waals surface area (Å²) < 4.78 is 22.0. The maximum atomic E-state index is 14.8. The quantitative estimate of drug-likeness (QED) is 0.138. The molecule has 292 valence electrons. The Balaban J connectivity index is 1.35. The summed E-state index contributed by atoms with van der Waals surface area (Å²) >= 11 is 0. The third-order valence-corrected chi connectivity index (χ3v) is 12.8.